The Hall–Kier alpha value is -1.94. The molecule has 4 atom stereocenters. The molecule has 2 amide bonds. The minimum Gasteiger partial charge on any atom is -0.444 e. The first-order valence-electron chi connectivity index (χ1n) is 14.0. The van der Waals surface area contributed by atoms with Gasteiger partial charge in [-0.1, -0.05) is 26.3 Å². The van der Waals surface area contributed by atoms with E-state index in [9.17, 15) is 22.8 Å². The van der Waals surface area contributed by atoms with Gasteiger partial charge in [0.05, 0.1) is 11.5 Å². The van der Waals surface area contributed by atoms with Crippen LogP contribution in [0.4, 0.5) is 4.79 Å². The van der Waals surface area contributed by atoms with Crippen molar-refractivity contribution in [3.8, 4) is 0 Å². The fourth-order valence-electron chi connectivity index (χ4n) is 8.23. The van der Waals surface area contributed by atoms with E-state index < -0.39 is 39.3 Å². The fraction of sp³-hybridized carbons (Fsp3) is 0.821. The largest absolute Gasteiger partial charge is 0.444 e. The molecule has 0 aromatic heterocycles. The Morgan fingerprint density at radius 2 is 1.68 bits per heavy atom. The van der Waals surface area contributed by atoms with Crippen molar-refractivity contribution in [2.45, 2.75) is 97.6 Å². The smallest absolute Gasteiger partial charge is 0.410 e. The van der Waals surface area contributed by atoms with Crippen molar-refractivity contribution < 1.29 is 27.5 Å². The molecular formula is C28H43N3O6S. The lowest BCUT2D eigenvalue weighted by Gasteiger charge is -2.32. The van der Waals surface area contributed by atoms with E-state index in [1.807, 2.05) is 0 Å². The Kier molecular flexibility index (Phi) is 6.20. The normalized spacial score (nSPS) is 35.1. The Morgan fingerprint density at radius 3 is 2.16 bits per heavy atom. The highest BCUT2D eigenvalue weighted by molar-refractivity contribution is 7.87. The Labute approximate surface area is 226 Å². The van der Waals surface area contributed by atoms with Gasteiger partial charge >= 0.3 is 16.3 Å². The maximum Gasteiger partial charge on any atom is 0.410 e. The van der Waals surface area contributed by atoms with E-state index in [0.29, 0.717) is 32.5 Å². The van der Waals surface area contributed by atoms with Gasteiger partial charge in [0, 0.05) is 31.5 Å². The number of ketones is 1. The highest BCUT2D eigenvalue weighted by Crippen LogP contribution is 2.88. The summed E-state index contributed by atoms with van der Waals surface area (Å²) in [5, 5.41) is 0. The van der Waals surface area contributed by atoms with Crippen molar-refractivity contribution in [2.75, 3.05) is 19.6 Å². The summed E-state index contributed by atoms with van der Waals surface area (Å²) in [6.07, 6.45) is 6.80. The zero-order valence-corrected chi connectivity index (χ0v) is 24.3. The van der Waals surface area contributed by atoms with Gasteiger partial charge in [-0.15, -0.1) is 6.58 Å². The van der Waals surface area contributed by atoms with E-state index in [4.69, 9.17) is 4.74 Å². The first-order chi connectivity index (χ1) is 17.6. The zero-order chi connectivity index (χ0) is 27.9. The summed E-state index contributed by atoms with van der Waals surface area (Å²) in [7, 11) is -3.96. The number of hydrogen-bond acceptors (Lipinski definition) is 6. The van der Waals surface area contributed by atoms with E-state index in [1.54, 1.807) is 31.7 Å². The molecule has 0 aromatic carbocycles. The molecule has 3 saturated carbocycles. The lowest BCUT2D eigenvalue weighted by molar-refractivity contribution is -0.131. The third-order valence-electron chi connectivity index (χ3n) is 10.8. The molecule has 2 heterocycles. The average molecular weight is 550 g/mol. The van der Waals surface area contributed by atoms with Gasteiger partial charge in [-0.25, -0.2) is 9.52 Å². The summed E-state index contributed by atoms with van der Waals surface area (Å²) in [5.74, 6) is -1.15. The van der Waals surface area contributed by atoms with Crippen LogP contribution >= 0.6 is 0 Å². The highest BCUT2D eigenvalue weighted by Gasteiger charge is 2.85. The van der Waals surface area contributed by atoms with Crippen LogP contribution in [0.3, 0.4) is 0 Å². The van der Waals surface area contributed by atoms with Gasteiger partial charge in [0.25, 0.3) is 0 Å². The summed E-state index contributed by atoms with van der Waals surface area (Å²) in [6.45, 7) is 15.0. The molecule has 212 valence electrons. The molecule has 2 spiro atoms. The number of nitrogens with zero attached hydrogens (tertiary/aromatic N) is 2. The summed E-state index contributed by atoms with van der Waals surface area (Å²) in [6, 6.07) is -0.699. The third-order valence-corrected chi connectivity index (χ3v) is 12.3. The zero-order valence-electron chi connectivity index (χ0n) is 23.5. The van der Waals surface area contributed by atoms with Crippen molar-refractivity contribution in [3.63, 3.8) is 0 Å². The van der Waals surface area contributed by atoms with Gasteiger partial charge in [-0.3, -0.25) is 14.5 Å². The molecule has 38 heavy (non-hydrogen) atoms. The molecule has 2 aliphatic heterocycles. The molecule has 0 aromatic rings. The second kappa shape index (κ2) is 8.53. The molecule has 10 heteroatoms. The molecule has 5 rings (SSSR count). The Balaban J connectivity index is 1.38. The molecule has 0 unspecified atom stereocenters. The van der Waals surface area contributed by atoms with Gasteiger partial charge < -0.3 is 4.74 Å². The number of allylic oxidation sites excluding steroid dienone is 1. The fourth-order valence-corrected chi connectivity index (χ4v) is 9.53. The number of fused-ring (bicyclic) bond motifs is 1. The first-order valence-corrected chi connectivity index (χ1v) is 15.5. The number of rotatable bonds is 7. The van der Waals surface area contributed by atoms with Crippen LogP contribution in [0.5, 0.6) is 0 Å². The molecule has 0 bridgehead atoms. The van der Waals surface area contributed by atoms with E-state index in [0.717, 1.165) is 32.1 Å². The number of carbonyl (C=O) groups is 3. The lowest BCUT2D eigenvalue weighted by atomic mass is 9.73. The third kappa shape index (κ3) is 3.87. The predicted octanol–water partition coefficient (Wildman–Crippen LogP) is 3.80. The number of Topliss-reactive ketones (excluding diaryl/α,β-unsaturated/α-hetero) is 1. The maximum atomic E-state index is 14.0. The van der Waals surface area contributed by atoms with Crippen LogP contribution in [0, 0.1) is 27.6 Å². The number of likely N-dealkylation sites (tertiary alicyclic amines) is 1. The van der Waals surface area contributed by atoms with Crippen LogP contribution in [0.2, 0.25) is 0 Å². The van der Waals surface area contributed by atoms with Crippen molar-refractivity contribution in [3.05, 3.63) is 12.7 Å². The van der Waals surface area contributed by atoms with Gasteiger partial charge in [0.1, 0.15) is 5.60 Å². The molecule has 5 aliphatic rings. The average Bonchev–Trinajstić information content (AvgIpc) is 3.27. The quantitative estimate of drug-likeness (QED) is 0.484. The summed E-state index contributed by atoms with van der Waals surface area (Å²) in [4.78, 5) is 42.3. The molecule has 9 nitrogen and oxygen atoms in total. The van der Waals surface area contributed by atoms with Crippen molar-refractivity contribution >= 4 is 28.0 Å². The predicted molar refractivity (Wildman–Crippen MR) is 142 cm³/mol. The summed E-state index contributed by atoms with van der Waals surface area (Å²) in [5.41, 5.74) is -1.87. The van der Waals surface area contributed by atoms with Crippen molar-refractivity contribution in [1.29, 1.82) is 0 Å². The van der Waals surface area contributed by atoms with Crippen LogP contribution < -0.4 is 4.72 Å². The molecule has 0 radical (unpaired) electrons. The molecule has 1 N–H and O–H groups in total. The standard InChI is InChI=1S/C28H43N3O6S/c1-7-19-15-26(19,22(33)29-38(35,36)30-13-8-9-14-30)17-21(32)20-16-28(25(5,6)27(28)11-10-12-27)18-31(20)23(34)37-24(2,3)4/h7,19-20H,1,8-18H2,2-6H3,(H,29,33)/t19-,20+,26-,28-/m1/s1. The van der Waals surface area contributed by atoms with Crippen LogP contribution in [0.15, 0.2) is 12.7 Å². The van der Waals surface area contributed by atoms with Crippen LogP contribution in [-0.2, 0) is 24.5 Å². The first kappa shape index (κ1) is 27.6. The van der Waals surface area contributed by atoms with E-state index in [1.165, 1.54) is 4.31 Å². The van der Waals surface area contributed by atoms with Gasteiger partial charge in [-0.2, -0.15) is 12.7 Å². The van der Waals surface area contributed by atoms with E-state index >= 15 is 0 Å². The van der Waals surface area contributed by atoms with Gasteiger partial charge in [0.2, 0.25) is 5.91 Å². The minimum absolute atomic E-state index is 0.00957. The van der Waals surface area contributed by atoms with Crippen molar-refractivity contribution in [1.82, 2.24) is 13.9 Å². The number of carbonyl (C=O) groups excluding carboxylic acids is 3. The Morgan fingerprint density at radius 1 is 1.05 bits per heavy atom. The molecule has 3 aliphatic carbocycles. The molecule has 5 fully saturated rings. The van der Waals surface area contributed by atoms with E-state index in [2.05, 4.69) is 25.1 Å². The highest BCUT2D eigenvalue weighted by atomic mass is 32.2. The lowest BCUT2D eigenvalue weighted by Crippen LogP contribution is -2.47. The molecule has 2 saturated heterocycles. The van der Waals surface area contributed by atoms with Crippen LogP contribution in [0.1, 0.15) is 86.0 Å². The van der Waals surface area contributed by atoms with Gasteiger partial charge in [0.15, 0.2) is 5.78 Å². The minimum atomic E-state index is -3.96. The van der Waals surface area contributed by atoms with Crippen molar-refractivity contribution in [2.24, 2.45) is 27.6 Å². The molecular weight excluding hydrogens is 506 g/mol. The Bertz CT molecular complexity index is 1160. The maximum absolute atomic E-state index is 14.0. The number of nitrogens with one attached hydrogen (secondary N) is 1. The topological polar surface area (TPSA) is 113 Å². The van der Waals surface area contributed by atoms with Crippen LogP contribution in [-0.4, -0.2) is 66.7 Å². The summed E-state index contributed by atoms with van der Waals surface area (Å²) >= 11 is 0. The summed E-state index contributed by atoms with van der Waals surface area (Å²) < 4.78 is 34.9. The van der Waals surface area contributed by atoms with Gasteiger partial charge in [-0.05, 0) is 76.0 Å². The number of amides is 2. The number of hydrogen-bond donors (Lipinski definition) is 1. The van der Waals surface area contributed by atoms with E-state index in [-0.39, 0.29) is 34.4 Å². The second-order valence-corrected chi connectivity index (χ2v) is 15.5. The SMILES string of the molecule is C=C[C@@H]1C[C@]1(CC(=O)[C@@H]1C[C@@]2(CN1C(=O)OC(C)(C)C)C(C)(C)C21CCC1)C(=O)NS(=O)(=O)N1CCCC1. The van der Waals surface area contributed by atoms with Crippen LogP contribution in [0.25, 0.3) is 0 Å². The monoisotopic (exact) mass is 549 g/mol. The second-order valence-electron chi connectivity index (χ2n) is 13.9. The number of ether oxygens (including phenoxy) is 1.